The summed E-state index contributed by atoms with van der Waals surface area (Å²) in [5, 5.41) is 3.47. The highest BCUT2D eigenvalue weighted by Crippen LogP contribution is 2.33. The molecule has 4 rings (SSSR count). The minimum atomic E-state index is -0.614. The van der Waals surface area contributed by atoms with Crippen LogP contribution in [0, 0.1) is 13.8 Å². The second-order valence-corrected chi connectivity index (χ2v) is 7.95. The van der Waals surface area contributed by atoms with E-state index in [9.17, 15) is 14.4 Å². The van der Waals surface area contributed by atoms with Crippen LogP contribution in [0.25, 0.3) is 0 Å². The molecule has 3 atom stereocenters. The number of urea groups is 1. The number of carbonyl (C=O) groups is 3. The Balaban J connectivity index is 1.65. The summed E-state index contributed by atoms with van der Waals surface area (Å²) in [6.45, 7) is 5.36. The first-order valence-corrected chi connectivity index (χ1v) is 9.83. The van der Waals surface area contributed by atoms with Gasteiger partial charge in [0.2, 0.25) is 0 Å². The number of esters is 1. The van der Waals surface area contributed by atoms with Crippen molar-refractivity contribution < 1.29 is 19.1 Å². The SMILES string of the molecule is COC(=O)CN1C(=O)C2C(NC3N(c4cc(C)cc(C)c4)CCCN23)N(C)C1=O. The quantitative estimate of drug-likeness (QED) is 0.737. The van der Waals surface area contributed by atoms with Crippen molar-refractivity contribution in [3.63, 3.8) is 0 Å². The Morgan fingerprint density at radius 2 is 1.86 bits per heavy atom. The Hall–Kier alpha value is -2.65. The van der Waals surface area contributed by atoms with Crippen molar-refractivity contribution in [2.75, 3.05) is 38.7 Å². The lowest BCUT2D eigenvalue weighted by Gasteiger charge is -2.43. The maximum absolute atomic E-state index is 13.2. The van der Waals surface area contributed by atoms with Crippen LogP contribution in [0.4, 0.5) is 10.5 Å². The summed E-state index contributed by atoms with van der Waals surface area (Å²) in [5.74, 6) is -0.975. The van der Waals surface area contributed by atoms with Gasteiger partial charge < -0.3 is 14.5 Å². The summed E-state index contributed by atoms with van der Waals surface area (Å²) < 4.78 is 4.66. The fourth-order valence-electron chi connectivity index (χ4n) is 4.64. The highest BCUT2D eigenvalue weighted by Gasteiger charge is 2.56. The molecular formula is C20H27N5O4. The molecule has 3 aliphatic rings. The van der Waals surface area contributed by atoms with Crippen molar-refractivity contribution in [2.24, 2.45) is 0 Å². The summed E-state index contributed by atoms with van der Waals surface area (Å²) in [5.41, 5.74) is 3.46. The number of nitrogens with one attached hydrogen (secondary N) is 1. The van der Waals surface area contributed by atoms with Crippen molar-refractivity contribution in [3.8, 4) is 0 Å². The maximum Gasteiger partial charge on any atom is 0.328 e. The number of anilines is 1. The zero-order chi connectivity index (χ0) is 20.9. The average molecular weight is 401 g/mol. The van der Waals surface area contributed by atoms with E-state index in [2.05, 4.69) is 51.9 Å². The molecule has 3 saturated heterocycles. The number of imide groups is 1. The van der Waals surface area contributed by atoms with E-state index >= 15 is 0 Å². The van der Waals surface area contributed by atoms with Crippen LogP contribution in [-0.4, -0.2) is 84.9 Å². The van der Waals surface area contributed by atoms with Crippen LogP contribution in [-0.2, 0) is 14.3 Å². The lowest BCUT2D eigenvalue weighted by molar-refractivity contribution is -0.149. The molecule has 9 heteroatoms. The van der Waals surface area contributed by atoms with Gasteiger partial charge in [-0.15, -0.1) is 0 Å². The van der Waals surface area contributed by atoms with Gasteiger partial charge in [-0.25, -0.2) is 4.79 Å². The Labute approximate surface area is 170 Å². The van der Waals surface area contributed by atoms with Crippen molar-refractivity contribution in [3.05, 3.63) is 29.3 Å². The Morgan fingerprint density at radius 1 is 1.17 bits per heavy atom. The zero-order valence-corrected chi connectivity index (χ0v) is 17.2. The number of hydrogen-bond acceptors (Lipinski definition) is 7. The van der Waals surface area contributed by atoms with E-state index in [1.807, 2.05) is 0 Å². The molecule has 3 heterocycles. The molecule has 29 heavy (non-hydrogen) atoms. The largest absolute Gasteiger partial charge is 0.468 e. The topological polar surface area (TPSA) is 85.4 Å². The zero-order valence-electron chi connectivity index (χ0n) is 17.2. The number of ether oxygens (including phenoxy) is 1. The highest BCUT2D eigenvalue weighted by atomic mass is 16.5. The van der Waals surface area contributed by atoms with E-state index < -0.39 is 24.2 Å². The molecule has 1 N–H and O–H groups in total. The molecule has 0 spiro atoms. The van der Waals surface area contributed by atoms with Gasteiger partial charge in [-0.3, -0.25) is 24.7 Å². The van der Waals surface area contributed by atoms with Gasteiger partial charge in [-0.2, -0.15) is 0 Å². The molecule has 156 valence electrons. The number of methoxy groups -OCH3 is 1. The van der Waals surface area contributed by atoms with Crippen LogP contribution in [0.5, 0.6) is 0 Å². The molecule has 3 fully saturated rings. The van der Waals surface area contributed by atoms with Crippen LogP contribution in [0.15, 0.2) is 18.2 Å². The summed E-state index contributed by atoms with van der Waals surface area (Å²) in [6.07, 6.45) is 0.258. The first-order chi connectivity index (χ1) is 13.8. The third kappa shape index (κ3) is 3.24. The van der Waals surface area contributed by atoms with E-state index in [1.54, 1.807) is 7.05 Å². The molecule has 1 aromatic carbocycles. The van der Waals surface area contributed by atoms with E-state index in [1.165, 1.54) is 23.1 Å². The molecular weight excluding hydrogens is 374 g/mol. The van der Waals surface area contributed by atoms with Crippen LogP contribution < -0.4 is 10.2 Å². The number of likely N-dealkylation sites (N-methyl/N-ethyl adjacent to an activating group) is 1. The van der Waals surface area contributed by atoms with E-state index in [0.29, 0.717) is 0 Å². The lowest BCUT2D eigenvalue weighted by atomic mass is 10.1. The highest BCUT2D eigenvalue weighted by molar-refractivity contribution is 6.02. The molecule has 9 nitrogen and oxygen atoms in total. The Kier molecular flexibility index (Phi) is 4.95. The molecule has 0 aliphatic carbocycles. The number of fused-ring (bicyclic) bond motifs is 3. The number of nitrogens with zero attached hydrogens (tertiary/aromatic N) is 4. The Bertz CT molecular complexity index is 839. The van der Waals surface area contributed by atoms with Gasteiger partial charge in [0, 0.05) is 25.8 Å². The fraction of sp³-hybridized carbons (Fsp3) is 0.550. The molecule has 0 bridgehead atoms. The van der Waals surface area contributed by atoms with Crippen molar-refractivity contribution in [2.45, 2.75) is 38.8 Å². The smallest absolute Gasteiger partial charge is 0.328 e. The normalized spacial score (nSPS) is 27.2. The number of aryl methyl sites for hydroxylation is 2. The summed E-state index contributed by atoms with van der Waals surface area (Å²) >= 11 is 0. The van der Waals surface area contributed by atoms with Crippen molar-refractivity contribution in [1.29, 1.82) is 0 Å². The van der Waals surface area contributed by atoms with E-state index in [0.717, 1.165) is 30.1 Å². The van der Waals surface area contributed by atoms with Gasteiger partial charge in [-0.05, 0) is 43.5 Å². The minimum Gasteiger partial charge on any atom is -0.468 e. The average Bonchev–Trinajstić information content (AvgIpc) is 3.08. The predicted octanol–water partition coefficient (Wildman–Crippen LogP) is 0.464. The van der Waals surface area contributed by atoms with Gasteiger partial charge in [0.1, 0.15) is 25.0 Å². The van der Waals surface area contributed by atoms with Gasteiger partial charge in [0.05, 0.1) is 7.11 Å². The number of amides is 3. The third-order valence-electron chi connectivity index (χ3n) is 5.92. The second kappa shape index (κ2) is 7.31. The molecule has 3 amide bonds. The first kappa shape index (κ1) is 19.7. The fourth-order valence-corrected chi connectivity index (χ4v) is 4.64. The summed E-state index contributed by atoms with van der Waals surface area (Å²) in [4.78, 5) is 44.5. The van der Waals surface area contributed by atoms with E-state index in [-0.39, 0.29) is 18.7 Å². The number of benzene rings is 1. The maximum atomic E-state index is 13.2. The molecule has 0 saturated carbocycles. The standard InChI is InChI=1S/C20H27N5O4/c1-12-8-13(2)10-14(9-12)23-6-5-7-24-16-17(21-19(23)24)22(3)20(28)25(18(16)27)11-15(26)29-4/h8-10,16-17,19,21H,5-7,11H2,1-4H3. The van der Waals surface area contributed by atoms with Gasteiger partial charge in [0.15, 0.2) is 0 Å². The summed E-state index contributed by atoms with van der Waals surface area (Å²) in [7, 11) is 2.90. The van der Waals surface area contributed by atoms with Crippen LogP contribution in [0.3, 0.4) is 0 Å². The number of rotatable bonds is 3. The first-order valence-electron chi connectivity index (χ1n) is 9.83. The third-order valence-corrected chi connectivity index (χ3v) is 5.92. The molecule has 0 radical (unpaired) electrons. The van der Waals surface area contributed by atoms with E-state index in [4.69, 9.17) is 0 Å². The number of carbonyl (C=O) groups excluding carboxylic acids is 3. The molecule has 3 unspecified atom stereocenters. The lowest BCUT2D eigenvalue weighted by Crippen LogP contribution is -2.67. The predicted molar refractivity (Wildman–Crippen MR) is 106 cm³/mol. The van der Waals surface area contributed by atoms with Crippen molar-refractivity contribution in [1.82, 2.24) is 20.0 Å². The molecule has 1 aromatic rings. The summed E-state index contributed by atoms with van der Waals surface area (Å²) in [6, 6.07) is 5.38. The van der Waals surface area contributed by atoms with Gasteiger partial charge in [0.25, 0.3) is 5.91 Å². The van der Waals surface area contributed by atoms with Gasteiger partial charge >= 0.3 is 12.0 Å². The minimum absolute atomic E-state index is 0.197. The van der Waals surface area contributed by atoms with Gasteiger partial charge in [-0.1, -0.05) is 6.07 Å². The second-order valence-electron chi connectivity index (χ2n) is 7.95. The molecule has 0 aromatic heterocycles. The molecule has 3 aliphatic heterocycles. The number of hydrogen-bond donors (Lipinski definition) is 1. The van der Waals surface area contributed by atoms with Crippen LogP contribution in [0.1, 0.15) is 17.5 Å². The Morgan fingerprint density at radius 3 is 2.52 bits per heavy atom. The van der Waals surface area contributed by atoms with Crippen molar-refractivity contribution >= 4 is 23.6 Å². The van der Waals surface area contributed by atoms with Crippen LogP contribution >= 0.6 is 0 Å². The monoisotopic (exact) mass is 401 g/mol. The van der Waals surface area contributed by atoms with Crippen LogP contribution in [0.2, 0.25) is 0 Å².